The summed E-state index contributed by atoms with van der Waals surface area (Å²) < 4.78 is 64.3. The molecule has 1 aliphatic heterocycles. The van der Waals surface area contributed by atoms with E-state index in [2.05, 4.69) is 15.2 Å². The number of hydrogen-bond acceptors (Lipinski definition) is 7. The van der Waals surface area contributed by atoms with Crippen LogP contribution in [0.2, 0.25) is 0 Å². The van der Waals surface area contributed by atoms with E-state index in [9.17, 15) is 18.0 Å². The molecule has 8 nitrogen and oxygen atoms in total. The van der Waals surface area contributed by atoms with Crippen molar-refractivity contribution < 1.29 is 31.8 Å². The van der Waals surface area contributed by atoms with Crippen LogP contribution in [0.15, 0.2) is 24.3 Å². The zero-order valence-corrected chi connectivity index (χ0v) is 18.3. The van der Waals surface area contributed by atoms with Crippen molar-refractivity contribution in [3.8, 4) is 0 Å². The molecule has 12 heteroatoms. The molecule has 0 bridgehead atoms. The van der Waals surface area contributed by atoms with E-state index in [0.29, 0.717) is 17.4 Å². The van der Waals surface area contributed by atoms with Gasteiger partial charge in [0.25, 0.3) is 5.91 Å². The first-order chi connectivity index (χ1) is 16.1. The Labute approximate surface area is 191 Å². The van der Waals surface area contributed by atoms with Crippen LogP contribution in [-0.4, -0.2) is 39.3 Å². The second-order valence-corrected chi connectivity index (χ2v) is 7.74. The third-order valence-electron chi connectivity index (χ3n) is 5.62. The topological polar surface area (TPSA) is 103 Å². The van der Waals surface area contributed by atoms with E-state index in [1.54, 1.807) is 6.92 Å². The van der Waals surface area contributed by atoms with E-state index in [0.717, 1.165) is 23.8 Å². The number of carbonyl (C=O) groups excluding carboxylic acids is 1. The van der Waals surface area contributed by atoms with Gasteiger partial charge < -0.3 is 20.1 Å². The summed E-state index contributed by atoms with van der Waals surface area (Å²) in [6, 6.07) is 4.41. The van der Waals surface area contributed by atoms with Crippen molar-refractivity contribution in [2.45, 2.75) is 45.5 Å². The Hall–Kier alpha value is -3.38. The van der Waals surface area contributed by atoms with Crippen molar-refractivity contribution in [3.05, 3.63) is 58.2 Å². The number of rotatable bonds is 6. The number of amides is 1. The number of aromatic nitrogens is 3. The molecule has 4 rings (SSSR count). The average molecular weight is 479 g/mol. The number of carbonyl (C=O) groups is 1. The molecule has 1 atom stereocenters. The number of hydrogen-bond donors (Lipinski definition) is 1. The van der Waals surface area contributed by atoms with Crippen LogP contribution in [0.3, 0.4) is 0 Å². The van der Waals surface area contributed by atoms with Crippen molar-refractivity contribution in [1.29, 1.82) is 0 Å². The molecule has 2 aromatic heterocycles. The second-order valence-electron chi connectivity index (χ2n) is 7.74. The summed E-state index contributed by atoms with van der Waals surface area (Å²) in [5.41, 5.74) is 6.34. The van der Waals surface area contributed by atoms with Gasteiger partial charge in [-0.1, -0.05) is 6.92 Å². The lowest BCUT2D eigenvalue weighted by atomic mass is 10.0. The lowest BCUT2D eigenvalue weighted by Gasteiger charge is -2.30. The van der Waals surface area contributed by atoms with Crippen molar-refractivity contribution in [2.24, 2.45) is 0 Å². The maximum Gasteiger partial charge on any atom is 0.435 e. The van der Waals surface area contributed by atoms with E-state index in [-0.39, 0.29) is 42.4 Å². The van der Waals surface area contributed by atoms with E-state index in [1.165, 1.54) is 18.1 Å². The first-order valence-corrected chi connectivity index (χ1v) is 10.4. The number of alkyl halides is 3. The van der Waals surface area contributed by atoms with Gasteiger partial charge >= 0.3 is 6.18 Å². The van der Waals surface area contributed by atoms with Gasteiger partial charge in [0.15, 0.2) is 5.69 Å². The molecule has 180 valence electrons. The summed E-state index contributed by atoms with van der Waals surface area (Å²) >= 11 is 0. The summed E-state index contributed by atoms with van der Waals surface area (Å²) in [5, 5.41) is 7.31. The van der Waals surface area contributed by atoms with Gasteiger partial charge in [0.1, 0.15) is 17.9 Å². The molecule has 0 saturated carbocycles. The molecule has 0 saturated heterocycles. The molecule has 3 heterocycles. The standard InChI is InChI=1S/C22H21F4N5O3/c1-3-19(33-2)31(8-11-4-5-18(30-29-11)22(24,25)26)21(32)13-6-12-14-9-34-10-15(14)20(27)28-17(12)7-16(13)23/h4-7,19H,3,8-10H2,1-2H3,(H2,27,28). The number of nitrogen functional groups attached to an aromatic ring is 1. The van der Waals surface area contributed by atoms with Gasteiger partial charge in [-0.05, 0) is 30.2 Å². The monoisotopic (exact) mass is 479 g/mol. The fourth-order valence-corrected chi connectivity index (χ4v) is 3.90. The van der Waals surface area contributed by atoms with Crippen molar-refractivity contribution in [2.75, 3.05) is 12.8 Å². The fourth-order valence-electron chi connectivity index (χ4n) is 3.90. The SMILES string of the molecule is CCC(OC)N(Cc1ccc(C(F)(F)F)nn1)C(=O)c1cc2c3c(c(N)nc2cc1F)COC3. The smallest absolute Gasteiger partial charge is 0.383 e. The Morgan fingerprint density at radius 1 is 1.24 bits per heavy atom. The van der Waals surface area contributed by atoms with E-state index < -0.39 is 29.8 Å². The van der Waals surface area contributed by atoms with E-state index in [1.807, 2.05) is 0 Å². The van der Waals surface area contributed by atoms with Crippen LogP contribution in [0.1, 0.15) is 46.2 Å². The maximum absolute atomic E-state index is 15.1. The molecule has 2 N–H and O–H groups in total. The zero-order valence-electron chi connectivity index (χ0n) is 18.3. The molecule has 0 fully saturated rings. The van der Waals surface area contributed by atoms with Crippen LogP contribution < -0.4 is 5.73 Å². The number of ether oxygens (including phenoxy) is 2. The van der Waals surface area contributed by atoms with Crippen molar-refractivity contribution in [1.82, 2.24) is 20.1 Å². The number of halogens is 4. The molecule has 1 unspecified atom stereocenters. The highest BCUT2D eigenvalue weighted by Gasteiger charge is 2.33. The molecule has 3 aromatic rings. The number of methoxy groups -OCH3 is 1. The Bertz CT molecular complexity index is 1230. The predicted octanol–water partition coefficient (Wildman–Crippen LogP) is 3.82. The number of pyridine rings is 1. The molecule has 1 aromatic carbocycles. The lowest BCUT2D eigenvalue weighted by Crippen LogP contribution is -2.41. The summed E-state index contributed by atoms with van der Waals surface area (Å²) in [6.45, 7) is 2.03. The minimum Gasteiger partial charge on any atom is -0.383 e. The van der Waals surface area contributed by atoms with E-state index >= 15 is 4.39 Å². The van der Waals surface area contributed by atoms with Gasteiger partial charge in [-0.15, -0.1) is 5.10 Å². The number of anilines is 1. The number of benzene rings is 1. The van der Waals surface area contributed by atoms with Crippen LogP contribution in [0, 0.1) is 5.82 Å². The maximum atomic E-state index is 15.1. The van der Waals surface area contributed by atoms with Crippen LogP contribution in [-0.2, 0) is 35.4 Å². The molecule has 0 spiro atoms. The van der Waals surface area contributed by atoms with E-state index in [4.69, 9.17) is 15.2 Å². The largest absolute Gasteiger partial charge is 0.435 e. The Morgan fingerprint density at radius 3 is 2.59 bits per heavy atom. The fraction of sp³-hybridized carbons (Fsp3) is 0.364. The quantitative estimate of drug-likeness (QED) is 0.424. The predicted molar refractivity (Wildman–Crippen MR) is 113 cm³/mol. The minimum absolute atomic E-state index is 0.0850. The van der Waals surface area contributed by atoms with Crippen LogP contribution in [0.5, 0.6) is 0 Å². The van der Waals surface area contributed by atoms with Gasteiger partial charge in [-0.3, -0.25) is 4.79 Å². The Morgan fingerprint density at radius 2 is 1.97 bits per heavy atom. The first kappa shape index (κ1) is 23.8. The molecule has 0 radical (unpaired) electrons. The third-order valence-corrected chi connectivity index (χ3v) is 5.62. The van der Waals surface area contributed by atoms with Gasteiger partial charge in [0.05, 0.1) is 36.5 Å². The zero-order chi connectivity index (χ0) is 24.6. The lowest BCUT2D eigenvalue weighted by molar-refractivity contribution is -0.141. The summed E-state index contributed by atoms with van der Waals surface area (Å²) in [7, 11) is 1.38. The molecule has 34 heavy (non-hydrogen) atoms. The highest BCUT2D eigenvalue weighted by atomic mass is 19.4. The Kier molecular flexibility index (Phi) is 6.36. The van der Waals surface area contributed by atoms with Gasteiger partial charge in [-0.2, -0.15) is 18.3 Å². The normalized spacial score (nSPS) is 14.3. The molecular formula is C22H21F4N5O3. The molecule has 1 aliphatic rings. The second kappa shape index (κ2) is 9.11. The minimum atomic E-state index is -4.64. The number of nitrogens with zero attached hydrogens (tertiary/aromatic N) is 4. The summed E-state index contributed by atoms with van der Waals surface area (Å²) in [4.78, 5) is 18.9. The number of fused-ring (bicyclic) bond motifs is 3. The molecule has 1 amide bonds. The molecule has 0 aliphatic carbocycles. The summed E-state index contributed by atoms with van der Waals surface area (Å²) in [6.07, 6.45) is -5.09. The Balaban J connectivity index is 1.73. The van der Waals surface area contributed by atoms with Crippen LogP contribution >= 0.6 is 0 Å². The van der Waals surface area contributed by atoms with Crippen LogP contribution in [0.4, 0.5) is 23.4 Å². The van der Waals surface area contributed by atoms with Gasteiger partial charge in [0.2, 0.25) is 0 Å². The molecular weight excluding hydrogens is 458 g/mol. The number of nitrogens with two attached hydrogens (primary N) is 1. The third kappa shape index (κ3) is 4.38. The average Bonchev–Trinajstić information content (AvgIpc) is 3.29. The highest BCUT2D eigenvalue weighted by molar-refractivity contribution is 5.99. The van der Waals surface area contributed by atoms with Gasteiger partial charge in [0, 0.05) is 24.1 Å². The van der Waals surface area contributed by atoms with Gasteiger partial charge in [-0.25, -0.2) is 9.37 Å². The highest BCUT2D eigenvalue weighted by Crippen LogP contribution is 2.33. The van der Waals surface area contributed by atoms with Crippen molar-refractivity contribution in [3.63, 3.8) is 0 Å². The summed E-state index contributed by atoms with van der Waals surface area (Å²) in [5.74, 6) is -1.30. The first-order valence-electron chi connectivity index (χ1n) is 10.4. The van der Waals surface area contributed by atoms with Crippen molar-refractivity contribution >= 4 is 22.6 Å². The van der Waals surface area contributed by atoms with Crippen LogP contribution in [0.25, 0.3) is 10.9 Å².